The summed E-state index contributed by atoms with van der Waals surface area (Å²) >= 11 is 0. The summed E-state index contributed by atoms with van der Waals surface area (Å²) in [7, 11) is 0. The maximum atomic E-state index is 10.5. The summed E-state index contributed by atoms with van der Waals surface area (Å²) < 4.78 is 4.37. The molecule has 0 saturated carbocycles. The van der Waals surface area contributed by atoms with Gasteiger partial charge in [-0.1, -0.05) is 84.9 Å². The largest absolute Gasteiger partial charge is 0.309 e. The summed E-state index contributed by atoms with van der Waals surface area (Å²) in [5.41, 5.74) is 11.4. The van der Waals surface area contributed by atoms with Crippen molar-refractivity contribution in [3.63, 3.8) is 0 Å². The first-order chi connectivity index (χ1) is 24.7. The van der Waals surface area contributed by atoms with Gasteiger partial charge in [0.15, 0.2) is 0 Å². The van der Waals surface area contributed by atoms with Gasteiger partial charge in [-0.3, -0.25) is 0 Å². The van der Waals surface area contributed by atoms with E-state index in [2.05, 4.69) is 120 Å². The van der Waals surface area contributed by atoms with Gasteiger partial charge in [-0.15, -0.1) is 0 Å². The molecule has 0 unspecified atom stereocenters. The number of fused-ring (bicyclic) bond motifs is 6. The van der Waals surface area contributed by atoms with E-state index in [1.54, 1.807) is 12.1 Å². The Balaban J connectivity index is 1.19. The molecule has 0 aliphatic rings. The van der Waals surface area contributed by atoms with Gasteiger partial charge >= 0.3 is 0 Å². The van der Waals surface area contributed by atoms with Crippen LogP contribution in [0.3, 0.4) is 0 Å². The average molecular weight is 636 g/mol. The van der Waals surface area contributed by atoms with Crippen LogP contribution in [0, 0.1) is 34.0 Å². The molecule has 9 rings (SSSR count). The van der Waals surface area contributed by atoms with E-state index in [0.717, 1.165) is 60.8 Å². The fourth-order valence-electron chi connectivity index (χ4n) is 7.45. The quantitative estimate of drug-likeness (QED) is 0.193. The van der Waals surface area contributed by atoms with Gasteiger partial charge in [-0.2, -0.15) is 15.8 Å². The molecular weight excluding hydrogens is 611 g/mol. The number of rotatable bonds is 4. The fraction of sp³-hybridized carbons (Fsp3) is 0. The summed E-state index contributed by atoms with van der Waals surface area (Å²) in [4.78, 5) is 0. The molecule has 0 fully saturated rings. The minimum Gasteiger partial charge on any atom is -0.309 e. The maximum absolute atomic E-state index is 10.5. The molecule has 0 atom stereocenters. The van der Waals surface area contributed by atoms with Crippen LogP contribution in [-0.2, 0) is 0 Å². The van der Waals surface area contributed by atoms with Crippen LogP contribution in [0.4, 0.5) is 0 Å². The Morgan fingerprint density at radius 2 is 1.00 bits per heavy atom. The average Bonchev–Trinajstić information content (AvgIpc) is 3.70. The predicted molar refractivity (Wildman–Crippen MR) is 200 cm³/mol. The third-order valence-electron chi connectivity index (χ3n) is 9.63. The van der Waals surface area contributed by atoms with Gasteiger partial charge in [-0.05, 0) is 83.4 Å². The minimum absolute atomic E-state index is 0.504. The van der Waals surface area contributed by atoms with Crippen LogP contribution in [0.2, 0.25) is 0 Å². The molecule has 2 heterocycles. The lowest BCUT2D eigenvalue weighted by atomic mass is 9.96. The van der Waals surface area contributed by atoms with Crippen molar-refractivity contribution in [2.45, 2.75) is 0 Å². The van der Waals surface area contributed by atoms with E-state index in [0.29, 0.717) is 22.4 Å². The number of nitrogens with zero attached hydrogens (tertiary/aromatic N) is 5. The van der Waals surface area contributed by atoms with Gasteiger partial charge in [-0.25, -0.2) is 0 Å². The third-order valence-corrected chi connectivity index (χ3v) is 9.63. The van der Waals surface area contributed by atoms with Gasteiger partial charge in [0, 0.05) is 27.1 Å². The Labute approximate surface area is 287 Å². The molecular formula is C45H25N5. The summed E-state index contributed by atoms with van der Waals surface area (Å²) in [6, 6.07) is 58.0. The third kappa shape index (κ3) is 4.31. The monoisotopic (exact) mass is 635 g/mol. The molecule has 230 valence electrons. The van der Waals surface area contributed by atoms with E-state index in [9.17, 15) is 15.8 Å². The Bertz CT molecular complexity index is 2920. The van der Waals surface area contributed by atoms with Gasteiger partial charge < -0.3 is 9.13 Å². The second-order valence-corrected chi connectivity index (χ2v) is 12.3. The van der Waals surface area contributed by atoms with E-state index in [1.165, 1.54) is 10.8 Å². The van der Waals surface area contributed by atoms with Gasteiger partial charge in [0.2, 0.25) is 0 Å². The highest BCUT2D eigenvalue weighted by atomic mass is 15.0. The van der Waals surface area contributed by atoms with Crippen molar-refractivity contribution < 1.29 is 0 Å². The molecule has 0 radical (unpaired) electrons. The molecule has 2 aromatic heterocycles. The fourth-order valence-corrected chi connectivity index (χ4v) is 7.45. The van der Waals surface area contributed by atoms with E-state index in [-0.39, 0.29) is 0 Å². The highest BCUT2D eigenvalue weighted by molar-refractivity contribution is 6.12. The molecule has 7 aromatic carbocycles. The van der Waals surface area contributed by atoms with E-state index in [1.807, 2.05) is 47.0 Å². The van der Waals surface area contributed by atoms with Gasteiger partial charge in [0.05, 0.1) is 62.3 Å². The first-order valence-electron chi connectivity index (χ1n) is 16.3. The molecule has 0 spiro atoms. The zero-order valence-electron chi connectivity index (χ0n) is 26.7. The number of hydrogen-bond donors (Lipinski definition) is 0. The van der Waals surface area contributed by atoms with E-state index in [4.69, 9.17) is 0 Å². The summed E-state index contributed by atoms with van der Waals surface area (Å²) in [5, 5.41) is 34.1. The zero-order valence-corrected chi connectivity index (χ0v) is 26.7. The molecule has 5 nitrogen and oxygen atoms in total. The lowest BCUT2D eigenvalue weighted by Crippen LogP contribution is -1.98. The molecule has 0 amide bonds. The molecule has 0 N–H and O–H groups in total. The van der Waals surface area contributed by atoms with Crippen molar-refractivity contribution in [1.82, 2.24) is 9.13 Å². The Morgan fingerprint density at radius 3 is 1.76 bits per heavy atom. The second kappa shape index (κ2) is 11.4. The molecule has 0 bridgehead atoms. The molecule has 9 aromatic rings. The van der Waals surface area contributed by atoms with Crippen LogP contribution in [-0.4, -0.2) is 9.13 Å². The number of nitriles is 3. The second-order valence-electron chi connectivity index (χ2n) is 12.3. The first kappa shape index (κ1) is 28.8. The summed E-state index contributed by atoms with van der Waals surface area (Å²) in [6.07, 6.45) is 0. The summed E-state index contributed by atoms with van der Waals surface area (Å²) in [5.74, 6) is 0. The van der Waals surface area contributed by atoms with Crippen molar-refractivity contribution in [3.8, 4) is 51.8 Å². The highest BCUT2D eigenvalue weighted by Gasteiger charge is 2.19. The van der Waals surface area contributed by atoms with Crippen molar-refractivity contribution in [3.05, 3.63) is 168 Å². The zero-order chi connectivity index (χ0) is 33.8. The van der Waals surface area contributed by atoms with Crippen LogP contribution in [0.5, 0.6) is 0 Å². The first-order valence-corrected chi connectivity index (χ1v) is 16.3. The highest BCUT2D eigenvalue weighted by Crippen LogP contribution is 2.39. The molecule has 0 aliphatic carbocycles. The number of benzene rings is 7. The Morgan fingerprint density at radius 1 is 0.380 bits per heavy atom. The van der Waals surface area contributed by atoms with Crippen molar-refractivity contribution in [1.29, 1.82) is 15.8 Å². The normalized spacial score (nSPS) is 11.1. The lowest BCUT2D eigenvalue weighted by molar-refractivity contribution is 1.17. The topological polar surface area (TPSA) is 81.2 Å². The lowest BCUT2D eigenvalue weighted by Gasteiger charge is -2.15. The number of aromatic nitrogens is 2. The van der Waals surface area contributed by atoms with Gasteiger partial charge in [0.25, 0.3) is 0 Å². The number of hydrogen-bond acceptors (Lipinski definition) is 3. The SMILES string of the molecule is N#Cc1ccc2c(c1)c1c(C#N)cccc1n2-c1ccc(-c2cccc(-c3ccccc3-n3c4ccccc4c4ccccc43)c2)cc1C#N. The predicted octanol–water partition coefficient (Wildman–Crippen LogP) is 10.8. The van der Waals surface area contributed by atoms with Crippen LogP contribution >= 0.6 is 0 Å². The maximum Gasteiger partial charge on any atom is 0.101 e. The standard InChI is InChI=1S/C45H25N5/c46-26-29-19-21-43-38(23-29)45-33(27-47)11-8-18-44(45)49(43)39-22-20-31(25-34(39)28-48)30-9-7-10-32(24-30)35-12-1-4-15-40(35)50-41-16-5-2-13-36(41)37-14-3-6-17-42(37)50/h1-25H. The van der Waals surface area contributed by atoms with Crippen molar-refractivity contribution in [2.75, 3.05) is 0 Å². The van der Waals surface area contributed by atoms with Crippen LogP contribution in [0.15, 0.2) is 152 Å². The van der Waals surface area contributed by atoms with Crippen LogP contribution in [0.1, 0.15) is 16.7 Å². The number of para-hydroxylation sites is 3. The molecule has 5 heteroatoms. The molecule has 0 aliphatic heterocycles. The van der Waals surface area contributed by atoms with Gasteiger partial charge in [0.1, 0.15) is 6.07 Å². The minimum atomic E-state index is 0.504. The van der Waals surface area contributed by atoms with E-state index < -0.39 is 0 Å². The Kier molecular flexibility index (Phi) is 6.56. The van der Waals surface area contributed by atoms with Crippen molar-refractivity contribution >= 4 is 43.6 Å². The smallest absolute Gasteiger partial charge is 0.101 e. The van der Waals surface area contributed by atoms with Crippen molar-refractivity contribution in [2.24, 2.45) is 0 Å². The summed E-state index contributed by atoms with van der Waals surface area (Å²) in [6.45, 7) is 0. The molecule has 0 saturated heterocycles. The van der Waals surface area contributed by atoms with E-state index >= 15 is 0 Å². The molecule has 50 heavy (non-hydrogen) atoms. The van der Waals surface area contributed by atoms with Crippen LogP contribution < -0.4 is 0 Å². The Hall–Kier alpha value is -7.39. The van der Waals surface area contributed by atoms with Crippen LogP contribution in [0.25, 0.3) is 77.2 Å².